The molecular weight excluding hydrogens is 222 g/mol. The first-order valence-electron chi connectivity index (χ1n) is 4.95. The highest BCUT2D eigenvalue weighted by molar-refractivity contribution is 5.90. The van der Waals surface area contributed by atoms with Gasteiger partial charge in [-0.3, -0.25) is 0 Å². The molecular formula is C11H11N3O3. The molecule has 0 amide bonds. The van der Waals surface area contributed by atoms with E-state index in [0.29, 0.717) is 12.4 Å². The molecule has 0 bridgehead atoms. The molecule has 6 heteroatoms. The molecule has 0 aliphatic carbocycles. The van der Waals surface area contributed by atoms with Gasteiger partial charge in [-0.1, -0.05) is 0 Å². The first-order valence-corrected chi connectivity index (χ1v) is 4.95. The fourth-order valence-corrected chi connectivity index (χ4v) is 1.49. The Morgan fingerprint density at radius 1 is 1.47 bits per heavy atom. The number of anilines is 1. The lowest BCUT2D eigenvalue weighted by molar-refractivity contribution is 0.0690. The standard InChI is InChI=1S/C11H11N3O3/c1-14(6-8-2-5-17-7-8)10-9(11(15)16)12-3-4-13-10/h2-5,7H,6H2,1H3,(H,15,16). The molecule has 0 unspecified atom stereocenters. The molecule has 88 valence electrons. The largest absolute Gasteiger partial charge is 0.476 e. The predicted octanol–water partition coefficient (Wildman–Crippen LogP) is 1.40. The fourth-order valence-electron chi connectivity index (χ4n) is 1.49. The Balaban J connectivity index is 2.24. The molecule has 0 spiro atoms. The normalized spacial score (nSPS) is 10.2. The second-order valence-corrected chi connectivity index (χ2v) is 3.52. The molecule has 0 aromatic carbocycles. The van der Waals surface area contributed by atoms with Gasteiger partial charge in [0.1, 0.15) is 0 Å². The van der Waals surface area contributed by atoms with Crippen molar-refractivity contribution in [3.05, 3.63) is 42.2 Å². The quantitative estimate of drug-likeness (QED) is 0.859. The van der Waals surface area contributed by atoms with Crippen LogP contribution in [0.2, 0.25) is 0 Å². The average molecular weight is 233 g/mol. The van der Waals surface area contributed by atoms with Gasteiger partial charge in [0.2, 0.25) is 0 Å². The van der Waals surface area contributed by atoms with E-state index in [4.69, 9.17) is 9.52 Å². The van der Waals surface area contributed by atoms with Crippen LogP contribution < -0.4 is 4.90 Å². The molecule has 0 aliphatic heterocycles. The molecule has 2 aromatic rings. The van der Waals surface area contributed by atoms with Crippen molar-refractivity contribution in [1.29, 1.82) is 0 Å². The van der Waals surface area contributed by atoms with Gasteiger partial charge in [0, 0.05) is 31.5 Å². The summed E-state index contributed by atoms with van der Waals surface area (Å²) in [7, 11) is 1.75. The number of carbonyl (C=O) groups is 1. The lowest BCUT2D eigenvalue weighted by atomic mass is 10.3. The Hall–Kier alpha value is -2.37. The molecule has 2 aromatic heterocycles. The number of rotatable bonds is 4. The van der Waals surface area contributed by atoms with Crippen molar-refractivity contribution in [2.45, 2.75) is 6.54 Å². The van der Waals surface area contributed by atoms with Gasteiger partial charge >= 0.3 is 5.97 Å². The number of carboxylic acids is 1. The summed E-state index contributed by atoms with van der Waals surface area (Å²) in [6, 6.07) is 1.81. The first kappa shape index (κ1) is 11.1. The van der Waals surface area contributed by atoms with E-state index in [2.05, 4.69) is 9.97 Å². The Morgan fingerprint density at radius 2 is 2.24 bits per heavy atom. The zero-order chi connectivity index (χ0) is 12.3. The van der Waals surface area contributed by atoms with E-state index in [1.807, 2.05) is 6.07 Å². The van der Waals surface area contributed by atoms with E-state index in [-0.39, 0.29) is 5.69 Å². The fraction of sp³-hybridized carbons (Fsp3) is 0.182. The van der Waals surface area contributed by atoms with Crippen molar-refractivity contribution in [2.75, 3.05) is 11.9 Å². The molecule has 2 heterocycles. The average Bonchev–Trinajstić information content (AvgIpc) is 2.81. The summed E-state index contributed by atoms with van der Waals surface area (Å²) >= 11 is 0. The number of furan rings is 1. The summed E-state index contributed by atoms with van der Waals surface area (Å²) in [5.41, 5.74) is 0.882. The maximum atomic E-state index is 11.0. The second kappa shape index (κ2) is 4.65. The molecule has 6 nitrogen and oxygen atoms in total. The van der Waals surface area contributed by atoms with Crippen LogP contribution in [0.4, 0.5) is 5.82 Å². The monoisotopic (exact) mass is 233 g/mol. The first-order chi connectivity index (χ1) is 8.18. The minimum atomic E-state index is -1.09. The van der Waals surface area contributed by atoms with Crippen LogP contribution in [0.1, 0.15) is 16.1 Å². The SMILES string of the molecule is CN(Cc1ccoc1)c1nccnc1C(=O)O. The van der Waals surface area contributed by atoms with Crippen molar-refractivity contribution in [1.82, 2.24) is 9.97 Å². The molecule has 0 radical (unpaired) electrons. The zero-order valence-electron chi connectivity index (χ0n) is 9.20. The number of hydrogen-bond donors (Lipinski definition) is 1. The molecule has 0 atom stereocenters. The lowest BCUT2D eigenvalue weighted by Gasteiger charge is -2.17. The second-order valence-electron chi connectivity index (χ2n) is 3.52. The molecule has 0 aliphatic rings. The van der Waals surface area contributed by atoms with Crippen LogP contribution in [0.5, 0.6) is 0 Å². The molecule has 17 heavy (non-hydrogen) atoms. The van der Waals surface area contributed by atoms with E-state index in [1.54, 1.807) is 24.5 Å². The van der Waals surface area contributed by atoms with Gasteiger partial charge in [0.15, 0.2) is 11.5 Å². The summed E-state index contributed by atoms with van der Waals surface area (Å²) in [6.07, 6.45) is 6.00. The molecule has 1 N–H and O–H groups in total. The number of hydrogen-bond acceptors (Lipinski definition) is 5. The van der Waals surface area contributed by atoms with Crippen molar-refractivity contribution in [2.24, 2.45) is 0 Å². The third-order valence-corrected chi connectivity index (χ3v) is 2.24. The van der Waals surface area contributed by atoms with Crippen LogP contribution in [-0.2, 0) is 6.54 Å². The maximum absolute atomic E-state index is 11.0. The van der Waals surface area contributed by atoms with Gasteiger partial charge in [-0.25, -0.2) is 14.8 Å². The smallest absolute Gasteiger partial charge is 0.358 e. The van der Waals surface area contributed by atoms with Crippen LogP contribution in [0.25, 0.3) is 0 Å². The number of aromatic nitrogens is 2. The van der Waals surface area contributed by atoms with Crippen molar-refractivity contribution >= 4 is 11.8 Å². The Bertz CT molecular complexity index is 510. The number of nitrogens with zero attached hydrogens (tertiary/aromatic N) is 3. The minimum Gasteiger partial charge on any atom is -0.476 e. The minimum absolute atomic E-state index is 0.0569. The van der Waals surface area contributed by atoms with Crippen molar-refractivity contribution in [3.8, 4) is 0 Å². The number of aromatic carboxylic acids is 1. The highest BCUT2D eigenvalue weighted by atomic mass is 16.4. The number of carboxylic acid groups (broad SMARTS) is 1. The van der Waals surface area contributed by atoms with Crippen LogP contribution in [0, 0.1) is 0 Å². The Labute approximate surface area is 97.5 Å². The Morgan fingerprint density at radius 3 is 2.88 bits per heavy atom. The molecule has 2 rings (SSSR count). The van der Waals surface area contributed by atoms with E-state index in [0.717, 1.165) is 5.56 Å². The predicted molar refractivity (Wildman–Crippen MR) is 59.8 cm³/mol. The summed E-state index contributed by atoms with van der Waals surface area (Å²) in [5.74, 6) is -0.756. The van der Waals surface area contributed by atoms with Gasteiger partial charge in [0.25, 0.3) is 0 Å². The van der Waals surface area contributed by atoms with E-state index in [9.17, 15) is 4.79 Å². The third-order valence-electron chi connectivity index (χ3n) is 2.24. The van der Waals surface area contributed by atoms with Gasteiger partial charge in [-0.15, -0.1) is 0 Å². The lowest BCUT2D eigenvalue weighted by Crippen LogP contribution is -2.21. The topological polar surface area (TPSA) is 79.5 Å². The summed E-state index contributed by atoms with van der Waals surface area (Å²) in [5, 5.41) is 8.99. The maximum Gasteiger partial charge on any atom is 0.358 e. The summed E-state index contributed by atoms with van der Waals surface area (Å²) in [4.78, 5) is 20.5. The van der Waals surface area contributed by atoms with E-state index < -0.39 is 5.97 Å². The van der Waals surface area contributed by atoms with Gasteiger partial charge in [-0.2, -0.15) is 0 Å². The highest BCUT2D eigenvalue weighted by Crippen LogP contribution is 2.16. The third kappa shape index (κ3) is 2.41. The van der Waals surface area contributed by atoms with Gasteiger partial charge in [0.05, 0.1) is 12.5 Å². The highest BCUT2D eigenvalue weighted by Gasteiger charge is 2.16. The van der Waals surface area contributed by atoms with Crippen LogP contribution in [0.3, 0.4) is 0 Å². The summed E-state index contributed by atoms with van der Waals surface area (Å²) in [6.45, 7) is 0.509. The zero-order valence-corrected chi connectivity index (χ0v) is 9.20. The van der Waals surface area contributed by atoms with Crippen LogP contribution in [-0.4, -0.2) is 28.1 Å². The molecule has 0 fully saturated rings. The molecule has 0 saturated heterocycles. The van der Waals surface area contributed by atoms with Crippen LogP contribution in [0.15, 0.2) is 35.4 Å². The van der Waals surface area contributed by atoms with E-state index in [1.165, 1.54) is 12.4 Å². The van der Waals surface area contributed by atoms with Crippen molar-refractivity contribution in [3.63, 3.8) is 0 Å². The Kier molecular flexibility index (Phi) is 3.04. The van der Waals surface area contributed by atoms with Crippen LogP contribution >= 0.6 is 0 Å². The van der Waals surface area contributed by atoms with Gasteiger partial charge in [-0.05, 0) is 6.07 Å². The molecule has 0 saturated carbocycles. The van der Waals surface area contributed by atoms with Crippen molar-refractivity contribution < 1.29 is 14.3 Å². The van der Waals surface area contributed by atoms with Gasteiger partial charge < -0.3 is 14.4 Å². The van der Waals surface area contributed by atoms with E-state index >= 15 is 0 Å². The summed E-state index contributed by atoms with van der Waals surface area (Å²) < 4.78 is 4.95.